The molecule has 0 aliphatic heterocycles. The second-order valence-electron chi connectivity index (χ2n) is 12.7. The Bertz CT molecular complexity index is 932. The molecule has 3 aliphatic rings. The second kappa shape index (κ2) is 16.3. The molecule has 12 nitrogen and oxygen atoms in total. The molecular formula is C28H49N9O3. The van der Waals surface area contributed by atoms with Crippen LogP contribution in [-0.4, -0.2) is 57.8 Å². The zero-order chi connectivity index (χ0) is 29.0. The van der Waals surface area contributed by atoms with E-state index in [9.17, 15) is 0 Å². The lowest BCUT2D eigenvalue weighted by atomic mass is 9.49. The van der Waals surface area contributed by atoms with Crippen molar-refractivity contribution in [2.24, 2.45) is 56.3 Å². The fourth-order valence-corrected chi connectivity index (χ4v) is 8.04. The maximum Gasteiger partial charge on any atom is 0.0611 e. The molecule has 0 aromatic rings. The van der Waals surface area contributed by atoms with Gasteiger partial charge in [0.1, 0.15) is 0 Å². The Morgan fingerprint density at radius 2 is 1.38 bits per heavy atom. The smallest absolute Gasteiger partial charge is 0.0611 e. The Balaban J connectivity index is 1.90. The highest BCUT2D eigenvalue weighted by atomic mass is 16.5. The Labute approximate surface area is 238 Å². The van der Waals surface area contributed by atoms with E-state index in [-0.39, 0.29) is 23.7 Å². The van der Waals surface area contributed by atoms with E-state index < -0.39 is 0 Å². The minimum absolute atomic E-state index is 0.0911. The molecule has 4 unspecified atom stereocenters. The summed E-state index contributed by atoms with van der Waals surface area (Å²) in [5.41, 5.74) is 26.3. The normalized spacial score (nSPS) is 35.9. The van der Waals surface area contributed by atoms with Crippen molar-refractivity contribution >= 4 is 0 Å². The van der Waals surface area contributed by atoms with E-state index in [1.807, 2.05) is 0 Å². The van der Waals surface area contributed by atoms with Crippen molar-refractivity contribution < 1.29 is 14.2 Å². The first-order chi connectivity index (χ1) is 19.3. The molecule has 0 heterocycles. The van der Waals surface area contributed by atoms with Crippen LogP contribution in [0.15, 0.2) is 15.3 Å². The molecule has 224 valence electrons. The molecule has 0 aromatic carbocycles. The van der Waals surface area contributed by atoms with Gasteiger partial charge in [-0.15, -0.1) is 0 Å². The van der Waals surface area contributed by atoms with Gasteiger partial charge < -0.3 is 14.2 Å². The molecule has 0 amide bonds. The lowest BCUT2D eigenvalue weighted by Gasteiger charge is -2.59. The van der Waals surface area contributed by atoms with Gasteiger partial charge in [0.05, 0.1) is 38.1 Å². The molecule has 9 atom stereocenters. The van der Waals surface area contributed by atoms with Crippen molar-refractivity contribution in [1.29, 1.82) is 0 Å². The molecule has 0 saturated heterocycles. The third-order valence-corrected chi connectivity index (χ3v) is 10.2. The van der Waals surface area contributed by atoms with E-state index >= 15 is 0 Å². The van der Waals surface area contributed by atoms with Gasteiger partial charge in [-0.2, -0.15) is 0 Å². The molecule has 0 radical (unpaired) electrons. The Hall–Kier alpha value is -2.19. The predicted molar refractivity (Wildman–Crippen MR) is 154 cm³/mol. The molecule has 0 bridgehead atoms. The highest BCUT2D eigenvalue weighted by Gasteiger charge is 2.56. The molecule has 0 N–H and O–H groups in total. The summed E-state index contributed by atoms with van der Waals surface area (Å²) in [6, 6.07) is 0. The molecule has 40 heavy (non-hydrogen) atoms. The standard InChI is InChI=1S/C28H49N9O3/c1-19(2)21-6-5-20(3)27-25(18-24(15-21)39-13-10-33-36-30)28(4)8-7-23(38-12-9-32-35-29)16-22(28)17-26(27)40-14-11-34-37-31/h19-27H,5-18H2,1-4H3/t20-,21?,22?,23+,24+,25-,26+,27?,28?/m0/s1. The molecule has 3 saturated carbocycles. The van der Waals surface area contributed by atoms with Crippen molar-refractivity contribution in [3.63, 3.8) is 0 Å². The molecule has 0 spiro atoms. The fraction of sp³-hybridized carbons (Fsp3) is 1.00. The summed E-state index contributed by atoms with van der Waals surface area (Å²) in [6.45, 7) is 11.9. The van der Waals surface area contributed by atoms with Crippen molar-refractivity contribution in [3.05, 3.63) is 31.3 Å². The molecule has 0 aromatic heterocycles. The topological polar surface area (TPSA) is 174 Å². The zero-order valence-electron chi connectivity index (χ0n) is 24.8. The average molecular weight is 560 g/mol. The Morgan fingerprint density at radius 1 is 0.775 bits per heavy atom. The Kier molecular flexibility index (Phi) is 13.2. The van der Waals surface area contributed by atoms with Crippen LogP contribution < -0.4 is 0 Å². The number of azide groups is 3. The Morgan fingerprint density at radius 3 is 1.98 bits per heavy atom. The van der Waals surface area contributed by atoms with Crippen LogP contribution in [0.2, 0.25) is 0 Å². The van der Waals surface area contributed by atoms with E-state index in [1.54, 1.807) is 0 Å². The maximum absolute atomic E-state index is 8.78. The van der Waals surface area contributed by atoms with Gasteiger partial charge in [-0.25, -0.2) is 0 Å². The van der Waals surface area contributed by atoms with Crippen LogP contribution in [0.5, 0.6) is 0 Å². The van der Waals surface area contributed by atoms with Gasteiger partial charge in [0.25, 0.3) is 0 Å². The number of rotatable bonds is 13. The van der Waals surface area contributed by atoms with Crippen LogP contribution in [0.25, 0.3) is 31.3 Å². The summed E-state index contributed by atoms with van der Waals surface area (Å²) >= 11 is 0. The van der Waals surface area contributed by atoms with Crippen molar-refractivity contribution in [3.8, 4) is 0 Å². The van der Waals surface area contributed by atoms with E-state index in [2.05, 4.69) is 57.8 Å². The second-order valence-corrected chi connectivity index (χ2v) is 12.7. The van der Waals surface area contributed by atoms with Crippen LogP contribution in [0, 0.1) is 40.9 Å². The molecule has 3 aliphatic carbocycles. The number of hydrogen-bond acceptors (Lipinski definition) is 6. The van der Waals surface area contributed by atoms with Crippen molar-refractivity contribution in [2.75, 3.05) is 39.5 Å². The number of hydrogen-bond donors (Lipinski definition) is 0. The number of ether oxygens (including phenoxy) is 3. The van der Waals surface area contributed by atoms with Crippen LogP contribution >= 0.6 is 0 Å². The predicted octanol–water partition coefficient (Wildman–Crippen LogP) is 8.00. The third kappa shape index (κ3) is 8.65. The van der Waals surface area contributed by atoms with Gasteiger partial charge in [-0.3, -0.25) is 0 Å². The van der Waals surface area contributed by atoms with Crippen LogP contribution in [0.3, 0.4) is 0 Å². The quantitative estimate of drug-likeness (QED) is 0.0963. The van der Waals surface area contributed by atoms with Crippen molar-refractivity contribution in [1.82, 2.24) is 0 Å². The zero-order valence-corrected chi connectivity index (χ0v) is 24.8. The molecular weight excluding hydrogens is 510 g/mol. The summed E-state index contributed by atoms with van der Waals surface area (Å²) in [5.74, 6) is 2.92. The highest BCUT2D eigenvalue weighted by Crippen LogP contribution is 2.60. The minimum Gasteiger partial charge on any atom is -0.378 e. The van der Waals surface area contributed by atoms with E-state index in [0.29, 0.717) is 75.0 Å². The van der Waals surface area contributed by atoms with Gasteiger partial charge >= 0.3 is 0 Å². The summed E-state index contributed by atoms with van der Waals surface area (Å²) in [5, 5.41) is 11.1. The summed E-state index contributed by atoms with van der Waals surface area (Å²) in [6.07, 6.45) is 8.72. The summed E-state index contributed by atoms with van der Waals surface area (Å²) < 4.78 is 19.2. The molecule has 3 fully saturated rings. The van der Waals surface area contributed by atoms with Crippen LogP contribution in [-0.2, 0) is 14.2 Å². The van der Waals surface area contributed by atoms with E-state index in [0.717, 1.165) is 44.9 Å². The molecule has 12 heteroatoms. The molecule has 3 rings (SSSR count). The van der Waals surface area contributed by atoms with Gasteiger partial charge in [-0.05, 0) is 102 Å². The SMILES string of the molecule is CC(C)C1CC[C@H](C)C2[C@H](OCCN=[N+]=[N-])CC3C[C@H](OCCN=[N+]=[N-])CCC3(C)[C@H]2C[C@H](OCCN=[N+]=[N-])C1. The van der Waals surface area contributed by atoms with Crippen molar-refractivity contribution in [2.45, 2.75) is 97.4 Å². The van der Waals surface area contributed by atoms with Gasteiger partial charge in [0.2, 0.25) is 0 Å². The summed E-state index contributed by atoms with van der Waals surface area (Å²) in [4.78, 5) is 8.66. The van der Waals surface area contributed by atoms with Crippen LogP contribution in [0.1, 0.15) is 79.1 Å². The first kappa shape index (κ1) is 32.3. The monoisotopic (exact) mass is 559 g/mol. The van der Waals surface area contributed by atoms with Gasteiger partial charge in [0, 0.05) is 34.4 Å². The first-order valence-corrected chi connectivity index (χ1v) is 15.2. The number of nitrogens with zero attached hydrogens (tertiary/aromatic N) is 9. The lowest BCUT2D eigenvalue weighted by Crippen LogP contribution is -2.56. The third-order valence-electron chi connectivity index (χ3n) is 10.2. The minimum atomic E-state index is 0.0911. The fourth-order valence-electron chi connectivity index (χ4n) is 8.04. The van der Waals surface area contributed by atoms with Crippen LogP contribution in [0.4, 0.5) is 0 Å². The average Bonchev–Trinajstić information content (AvgIpc) is 3.00. The lowest BCUT2D eigenvalue weighted by molar-refractivity contribution is -0.166. The van der Waals surface area contributed by atoms with E-state index in [4.69, 9.17) is 30.8 Å². The van der Waals surface area contributed by atoms with E-state index in [1.165, 1.54) is 6.42 Å². The number of fused-ring (bicyclic) bond motifs is 3. The van der Waals surface area contributed by atoms with Gasteiger partial charge in [0.15, 0.2) is 0 Å². The summed E-state index contributed by atoms with van der Waals surface area (Å²) in [7, 11) is 0. The van der Waals surface area contributed by atoms with Gasteiger partial charge in [-0.1, -0.05) is 49.5 Å². The highest BCUT2D eigenvalue weighted by molar-refractivity contribution is 5.05. The first-order valence-electron chi connectivity index (χ1n) is 15.2. The maximum atomic E-state index is 8.78. The largest absolute Gasteiger partial charge is 0.378 e.